The summed E-state index contributed by atoms with van der Waals surface area (Å²) in [6.07, 6.45) is 2.59. The molecular formula is C8H16N2O. The molecule has 0 heterocycles. The molecule has 0 aromatic rings. The molecule has 11 heavy (non-hydrogen) atoms. The van der Waals surface area contributed by atoms with Gasteiger partial charge in [0.05, 0.1) is 5.71 Å². The minimum absolute atomic E-state index is 0.667. The number of nitrogens with one attached hydrogen (secondary N) is 1. The molecule has 0 radical (unpaired) electrons. The molecule has 64 valence electrons. The van der Waals surface area contributed by atoms with Crippen molar-refractivity contribution in [3.8, 4) is 0 Å². The largest absolute Gasteiger partial charge is 0.394 e. The normalized spacial score (nSPS) is 18.5. The Balaban J connectivity index is 2.02. The second kappa shape index (κ2) is 4.34. The van der Waals surface area contributed by atoms with Gasteiger partial charge in [0.25, 0.3) is 0 Å². The van der Waals surface area contributed by atoms with E-state index in [1.165, 1.54) is 12.8 Å². The molecule has 0 atom stereocenters. The van der Waals surface area contributed by atoms with Gasteiger partial charge in [0.1, 0.15) is 6.61 Å². The molecule has 0 aromatic carbocycles. The van der Waals surface area contributed by atoms with Crippen LogP contribution in [0.2, 0.25) is 0 Å². The summed E-state index contributed by atoms with van der Waals surface area (Å²) in [4.78, 5) is 5.06. The van der Waals surface area contributed by atoms with E-state index in [-0.39, 0.29) is 0 Å². The van der Waals surface area contributed by atoms with Gasteiger partial charge in [-0.2, -0.15) is 0 Å². The zero-order valence-corrected chi connectivity index (χ0v) is 7.26. The predicted octanol–water partition coefficient (Wildman–Crippen LogP) is 1.01. The minimum Gasteiger partial charge on any atom is -0.394 e. The highest BCUT2D eigenvalue weighted by molar-refractivity contribution is 5.85. The second-order valence-corrected chi connectivity index (χ2v) is 2.94. The first-order valence-electron chi connectivity index (χ1n) is 4.15. The molecule has 0 spiro atoms. The van der Waals surface area contributed by atoms with E-state index in [4.69, 9.17) is 4.84 Å². The Kier molecular flexibility index (Phi) is 3.36. The van der Waals surface area contributed by atoms with Gasteiger partial charge in [-0.3, -0.25) is 0 Å². The molecule has 1 aliphatic rings. The van der Waals surface area contributed by atoms with E-state index in [1.54, 1.807) is 0 Å². The maximum atomic E-state index is 5.06. The van der Waals surface area contributed by atoms with Crippen LogP contribution < -0.4 is 5.32 Å². The average molecular weight is 156 g/mol. The monoisotopic (exact) mass is 156 g/mol. The third-order valence-corrected chi connectivity index (χ3v) is 1.82. The quantitative estimate of drug-likeness (QED) is 0.366. The maximum absolute atomic E-state index is 5.06. The first-order valence-corrected chi connectivity index (χ1v) is 4.15. The highest BCUT2D eigenvalue weighted by Crippen LogP contribution is 2.30. The summed E-state index contributed by atoms with van der Waals surface area (Å²) in [5.41, 5.74) is 1.15. The Morgan fingerprint density at radius 2 is 2.36 bits per heavy atom. The van der Waals surface area contributed by atoms with E-state index in [9.17, 15) is 0 Å². The van der Waals surface area contributed by atoms with Gasteiger partial charge in [-0.05, 0) is 26.8 Å². The van der Waals surface area contributed by atoms with Gasteiger partial charge in [-0.25, -0.2) is 0 Å². The molecule has 1 aliphatic carbocycles. The lowest BCUT2D eigenvalue weighted by atomic mass is 10.3. The Hall–Kier alpha value is -0.570. The van der Waals surface area contributed by atoms with Crippen LogP contribution in [0.15, 0.2) is 5.16 Å². The van der Waals surface area contributed by atoms with Crippen LogP contribution in [0.1, 0.15) is 19.8 Å². The van der Waals surface area contributed by atoms with Crippen molar-refractivity contribution in [2.45, 2.75) is 19.8 Å². The average Bonchev–Trinajstić information content (AvgIpc) is 2.79. The Morgan fingerprint density at radius 3 is 2.91 bits per heavy atom. The molecular weight excluding hydrogens is 140 g/mol. The van der Waals surface area contributed by atoms with Crippen LogP contribution in [0.25, 0.3) is 0 Å². The van der Waals surface area contributed by atoms with Gasteiger partial charge in [0, 0.05) is 12.5 Å². The Bertz CT molecular complexity index is 141. The number of rotatable bonds is 5. The van der Waals surface area contributed by atoms with Crippen molar-refractivity contribution in [2.75, 3.05) is 20.2 Å². The van der Waals surface area contributed by atoms with Crippen molar-refractivity contribution in [3.63, 3.8) is 0 Å². The van der Waals surface area contributed by atoms with Crippen LogP contribution in [0.5, 0.6) is 0 Å². The minimum atomic E-state index is 0.667. The first kappa shape index (κ1) is 8.53. The Morgan fingerprint density at radius 1 is 1.64 bits per heavy atom. The summed E-state index contributed by atoms with van der Waals surface area (Å²) in [6, 6.07) is 0. The van der Waals surface area contributed by atoms with Crippen molar-refractivity contribution >= 4 is 5.71 Å². The summed E-state index contributed by atoms with van der Waals surface area (Å²) in [6.45, 7) is 3.57. The van der Waals surface area contributed by atoms with Crippen LogP contribution in [0, 0.1) is 5.92 Å². The van der Waals surface area contributed by atoms with E-state index in [0.717, 1.165) is 18.2 Å². The van der Waals surface area contributed by atoms with E-state index in [2.05, 4.69) is 10.5 Å². The van der Waals surface area contributed by atoms with Gasteiger partial charge in [-0.1, -0.05) is 5.16 Å². The summed E-state index contributed by atoms with van der Waals surface area (Å²) < 4.78 is 0. The van der Waals surface area contributed by atoms with Crippen molar-refractivity contribution in [1.82, 2.24) is 5.32 Å². The predicted molar refractivity (Wildman–Crippen MR) is 45.7 cm³/mol. The van der Waals surface area contributed by atoms with E-state index >= 15 is 0 Å². The molecule has 1 rings (SSSR count). The molecule has 0 aliphatic heterocycles. The van der Waals surface area contributed by atoms with Gasteiger partial charge < -0.3 is 10.2 Å². The molecule has 0 unspecified atom stereocenters. The van der Waals surface area contributed by atoms with Crippen LogP contribution in [0.3, 0.4) is 0 Å². The van der Waals surface area contributed by atoms with Gasteiger partial charge in [0.15, 0.2) is 0 Å². The standard InChI is InChI=1S/C8H16N2O/c1-7(8-3-4-8)10-11-6-5-9-2/h8-9H,3-6H2,1-2H3/b10-7-. The number of likely N-dealkylation sites (N-methyl/N-ethyl adjacent to an activating group) is 1. The van der Waals surface area contributed by atoms with Crippen molar-refractivity contribution < 1.29 is 4.84 Å². The van der Waals surface area contributed by atoms with Gasteiger partial charge in [-0.15, -0.1) is 0 Å². The van der Waals surface area contributed by atoms with Crippen LogP contribution >= 0.6 is 0 Å². The molecule has 3 nitrogen and oxygen atoms in total. The third kappa shape index (κ3) is 3.37. The van der Waals surface area contributed by atoms with Crippen LogP contribution in [-0.2, 0) is 4.84 Å². The summed E-state index contributed by atoms with van der Waals surface area (Å²) in [5.74, 6) is 0.726. The zero-order valence-electron chi connectivity index (χ0n) is 7.26. The molecule has 1 fully saturated rings. The molecule has 1 N–H and O–H groups in total. The molecule has 0 saturated heterocycles. The highest BCUT2D eigenvalue weighted by Gasteiger charge is 2.24. The van der Waals surface area contributed by atoms with E-state index < -0.39 is 0 Å². The fourth-order valence-electron chi connectivity index (χ4n) is 0.871. The van der Waals surface area contributed by atoms with Crippen molar-refractivity contribution in [1.29, 1.82) is 0 Å². The van der Waals surface area contributed by atoms with Gasteiger partial charge >= 0.3 is 0 Å². The summed E-state index contributed by atoms with van der Waals surface area (Å²) >= 11 is 0. The number of oxime groups is 1. The number of nitrogens with zero attached hydrogens (tertiary/aromatic N) is 1. The second-order valence-electron chi connectivity index (χ2n) is 2.94. The lowest BCUT2D eigenvalue weighted by molar-refractivity contribution is 0.146. The fourth-order valence-corrected chi connectivity index (χ4v) is 0.871. The van der Waals surface area contributed by atoms with Crippen LogP contribution in [0.4, 0.5) is 0 Å². The molecule has 0 bridgehead atoms. The zero-order chi connectivity index (χ0) is 8.10. The third-order valence-electron chi connectivity index (χ3n) is 1.82. The lowest BCUT2D eigenvalue weighted by Crippen LogP contribution is -2.13. The molecule has 0 aromatic heterocycles. The topological polar surface area (TPSA) is 33.6 Å². The number of hydrogen-bond acceptors (Lipinski definition) is 3. The summed E-state index contributed by atoms with van der Waals surface area (Å²) in [7, 11) is 1.90. The molecule has 3 heteroatoms. The first-order chi connectivity index (χ1) is 5.34. The SMILES string of the molecule is CNCCO/N=C(/C)C1CC1. The molecule has 0 amide bonds. The summed E-state index contributed by atoms with van der Waals surface area (Å²) in [5, 5.41) is 6.99. The highest BCUT2D eigenvalue weighted by atomic mass is 16.6. The van der Waals surface area contributed by atoms with Crippen molar-refractivity contribution in [2.24, 2.45) is 11.1 Å². The smallest absolute Gasteiger partial charge is 0.129 e. The lowest BCUT2D eigenvalue weighted by Gasteiger charge is -1.99. The van der Waals surface area contributed by atoms with E-state index in [0.29, 0.717) is 6.61 Å². The Labute approximate surface area is 67.8 Å². The number of hydrogen-bond donors (Lipinski definition) is 1. The fraction of sp³-hybridized carbons (Fsp3) is 0.875. The van der Waals surface area contributed by atoms with Gasteiger partial charge in [0.2, 0.25) is 0 Å². The molecule has 1 saturated carbocycles. The van der Waals surface area contributed by atoms with E-state index in [1.807, 2.05) is 14.0 Å². The van der Waals surface area contributed by atoms with Crippen molar-refractivity contribution in [3.05, 3.63) is 0 Å². The maximum Gasteiger partial charge on any atom is 0.129 e. The van der Waals surface area contributed by atoms with Crippen LogP contribution in [-0.4, -0.2) is 25.9 Å².